The number of unbranched alkanes of at least 4 members (excludes halogenated alkanes) is 2. The van der Waals surface area contributed by atoms with E-state index in [2.05, 4.69) is 49.1 Å². The molecule has 4 rings (SSSR count). The number of thiazole rings is 1. The number of nitrogens with two attached hydrogens (primary N) is 1. The molecule has 1 aliphatic rings. The number of hydrogen-bond donors (Lipinski definition) is 4. The van der Waals surface area contributed by atoms with E-state index < -0.39 is 0 Å². The van der Waals surface area contributed by atoms with Gasteiger partial charge in [-0.2, -0.15) is 4.98 Å². The molecule has 2 aromatic heterocycles. The predicted molar refractivity (Wildman–Crippen MR) is 143 cm³/mol. The van der Waals surface area contributed by atoms with Gasteiger partial charge in [0.1, 0.15) is 10.0 Å². The number of carbonyl (C=O) groups is 1. The molecule has 0 radical (unpaired) electrons. The van der Waals surface area contributed by atoms with Crippen molar-refractivity contribution in [2.75, 3.05) is 24.2 Å². The average molecular weight is 514 g/mol. The van der Waals surface area contributed by atoms with Crippen molar-refractivity contribution in [3.05, 3.63) is 51.7 Å². The fraction of sp³-hybridized carbons (Fsp3) is 0.440. The maximum absolute atomic E-state index is 12.0. The third-order valence-electron chi connectivity index (χ3n) is 6.41. The van der Waals surface area contributed by atoms with Crippen molar-refractivity contribution >= 4 is 51.3 Å². The summed E-state index contributed by atoms with van der Waals surface area (Å²) in [5.74, 6) is 1.34. The van der Waals surface area contributed by atoms with E-state index in [0.29, 0.717) is 27.5 Å². The molecule has 1 aromatic carbocycles. The van der Waals surface area contributed by atoms with Crippen LogP contribution in [0, 0.1) is 5.92 Å². The highest BCUT2D eigenvalue weighted by Crippen LogP contribution is 2.32. The van der Waals surface area contributed by atoms with Crippen LogP contribution in [0.15, 0.2) is 29.9 Å². The van der Waals surface area contributed by atoms with E-state index in [1.165, 1.54) is 54.6 Å². The summed E-state index contributed by atoms with van der Waals surface area (Å²) in [5, 5.41) is 9.92. The molecule has 2 heterocycles. The summed E-state index contributed by atoms with van der Waals surface area (Å²) >= 11 is 7.63. The van der Waals surface area contributed by atoms with E-state index in [-0.39, 0.29) is 5.91 Å². The van der Waals surface area contributed by atoms with Crippen LogP contribution in [-0.2, 0) is 12.8 Å². The van der Waals surface area contributed by atoms with Crippen LogP contribution in [-0.4, -0.2) is 34.5 Å². The Balaban J connectivity index is 1.42. The smallest absolute Gasteiger partial charge is 0.272 e. The molecule has 0 saturated heterocycles. The van der Waals surface area contributed by atoms with Gasteiger partial charge >= 0.3 is 0 Å². The number of rotatable bonds is 10. The van der Waals surface area contributed by atoms with Crippen molar-refractivity contribution in [1.82, 2.24) is 20.3 Å². The minimum atomic E-state index is -0.278. The second kappa shape index (κ2) is 12.3. The minimum Gasteiger partial charge on any atom is -0.354 e. The van der Waals surface area contributed by atoms with Gasteiger partial charge in [-0.3, -0.25) is 4.79 Å². The second-order valence-corrected chi connectivity index (χ2v) is 10.1. The third kappa shape index (κ3) is 6.68. The van der Waals surface area contributed by atoms with Gasteiger partial charge in [-0.25, -0.2) is 9.97 Å². The Labute approximate surface area is 215 Å². The van der Waals surface area contributed by atoms with Gasteiger partial charge < -0.3 is 21.7 Å². The highest BCUT2D eigenvalue weighted by atomic mass is 35.5. The number of anilines is 4. The monoisotopic (exact) mass is 513 g/mol. The first-order valence-corrected chi connectivity index (χ1v) is 13.4. The van der Waals surface area contributed by atoms with E-state index >= 15 is 0 Å². The van der Waals surface area contributed by atoms with Crippen molar-refractivity contribution in [3.8, 4) is 0 Å². The van der Waals surface area contributed by atoms with Crippen LogP contribution in [0.5, 0.6) is 0 Å². The zero-order chi connectivity index (χ0) is 24.6. The Morgan fingerprint density at radius 2 is 1.97 bits per heavy atom. The Morgan fingerprint density at radius 1 is 1.14 bits per heavy atom. The first-order chi connectivity index (χ1) is 17.1. The van der Waals surface area contributed by atoms with Gasteiger partial charge in [-0.15, -0.1) is 11.3 Å². The van der Waals surface area contributed by atoms with Gasteiger partial charge in [0, 0.05) is 12.7 Å². The number of amides is 1. The second-order valence-electron chi connectivity index (χ2n) is 8.81. The maximum atomic E-state index is 12.0. The molecule has 0 bridgehead atoms. The SMILES string of the molecule is CNC(=O)c1ncsc1Nc1nc(Nc2ccc3c(c2)CC[C@@H](CCCCCN)CC3)ncc1Cl. The highest BCUT2D eigenvalue weighted by Gasteiger charge is 2.18. The van der Waals surface area contributed by atoms with E-state index in [9.17, 15) is 4.79 Å². The van der Waals surface area contributed by atoms with E-state index in [0.717, 1.165) is 37.4 Å². The molecule has 8 nitrogen and oxygen atoms in total. The molecule has 0 spiro atoms. The van der Waals surface area contributed by atoms with Crippen molar-refractivity contribution in [3.63, 3.8) is 0 Å². The van der Waals surface area contributed by atoms with Gasteiger partial charge in [0.05, 0.1) is 11.7 Å². The Morgan fingerprint density at radius 3 is 2.77 bits per heavy atom. The van der Waals surface area contributed by atoms with Crippen molar-refractivity contribution in [2.45, 2.75) is 51.4 Å². The van der Waals surface area contributed by atoms with Crippen LogP contribution < -0.4 is 21.7 Å². The standard InChI is InChI=1S/C25H32ClN7OS/c1-28-23(34)21-24(35-15-30-21)32-22-20(26)14-29-25(33-22)31-19-11-10-17-8-6-16(5-3-2-4-12-27)7-9-18(17)13-19/h10-11,13-16H,2-9,12,27H2,1H3,(H,28,34)(H2,29,31,32,33)/t16-/m0/s1. The van der Waals surface area contributed by atoms with Crippen LogP contribution >= 0.6 is 22.9 Å². The molecule has 3 aromatic rings. The summed E-state index contributed by atoms with van der Waals surface area (Å²) in [6.07, 6.45) is 11.2. The number of hydrogen-bond acceptors (Lipinski definition) is 8. The summed E-state index contributed by atoms with van der Waals surface area (Å²) in [7, 11) is 1.56. The largest absolute Gasteiger partial charge is 0.354 e. The zero-order valence-corrected chi connectivity index (χ0v) is 21.5. The number of fused-ring (bicyclic) bond motifs is 1. The van der Waals surface area contributed by atoms with Crippen LogP contribution in [0.3, 0.4) is 0 Å². The van der Waals surface area contributed by atoms with Gasteiger partial charge in [0.25, 0.3) is 5.91 Å². The number of aromatic nitrogens is 3. The molecule has 1 atom stereocenters. The topological polar surface area (TPSA) is 118 Å². The molecule has 1 amide bonds. The van der Waals surface area contributed by atoms with Gasteiger partial charge in [-0.05, 0) is 67.8 Å². The number of nitrogens with zero attached hydrogens (tertiary/aromatic N) is 3. The number of halogens is 1. The van der Waals surface area contributed by atoms with Crippen molar-refractivity contribution < 1.29 is 4.79 Å². The number of benzene rings is 1. The molecule has 0 saturated carbocycles. The van der Waals surface area contributed by atoms with Gasteiger partial charge in [-0.1, -0.05) is 36.9 Å². The summed E-state index contributed by atoms with van der Waals surface area (Å²) in [5.41, 5.74) is 11.3. The third-order valence-corrected chi connectivity index (χ3v) is 7.43. The zero-order valence-electron chi connectivity index (χ0n) is 19.9. The molecule has 0 unspecified atom stereocenters. The van der Waals surface area contributed by atoms with Crippen molar-refractivity contribution in [1.29, 1.82) is 0 Å². The molecular formula is C25H32ClN7OS. The number of nitrogens with one attached hydrogen (secondary N) is 3. The molecule has 10 heteroatoms. The van der Waals surface area contributed by atoms with E-state index in [1.807, 2.05) is 0 Å². The Bertz CT molecular complexity index is 1150. The fourth-order valence-corrected chi connectivity index (χ4v) is 5.27. The highest BCUT2D eigenvalue weighted by molar-refractivity contribution is 7.14. The van der Waals surface area contributed by atoms with Crippen molar-refractivity contribution in [2.24, 2.45) is 11.7 Å². The quantitative estimate of drug-likeness (QED) is 0.210. The predicted octanol–water partition coefficient (Wildman–Crippen LogP) is 5.45. The number of carbonyl (C=O) groups excluding carboxylic acids is 1. The lowest BCUT2D eigenvalue weighted by Crippen LogP contribution is -2.19. The Hall–Kier alpha value is -2.75. The number of aryl methyl sites for hydroxylation is 2. The first kappa shape index (κ1) is 25.3. The van der Waals surface area contributed by atoms with E-state index in [4.69, 9.17) is 17.3 Å². The van der Waals surface area contributed by atoms with Gasteiger partial charge in [0.15, 0.2) is 11.5 Å². The fourth-order valence-electron chi connectivity index (χ4n) is 4.45. The summed E-state index contributed by atoms with van der Waals surface area (Å²) in [4.78, 5) is 25.0. The molecule has 35 heavy (non-hydrogen) atoms. The molecule has 1 aliphatic carbocycles. The van der Waals surface area contributed by atoms with E-state index in [1.54, 1.807) is 18.8 Å². The average Bonchev–Trinajstić information content (AvgIpc) is 3.23. The van der Waals surface area contributed by atoms with Crippen LogP contribution in [0.4, 0.5) is 22.5 Å². The first-order valence-electron chi connectivity index (χ1n) is 12.1. The lowest BCUT2D eigenvalue weighted by Gasteiger charge is -2.13. The summed E-state index contributed by atoms with van der Waals surface area (Å²) in [6, 6.07) is 6.51. The van der Waals surface area contributed by atoms with Crippen LogP contribution in [0.1, 0.15) is 60.1 Å². The minimum absolute atomic E-state index is 0.278. The van der Waals surface area contributed by atoms with Crippen LogP contribution in [0.2, 0.25) is 5.02 Å². The van der Waals surface area contributed by atoms with Gasteiger partial charge in [0.2, 0.25) is 5.95 Å². The molecule has 5 N–H and O–H groups in total. The Kier molecular flexibility index (Phi) is 8.90. The van der Waals surface area contributed by atoms with Crippen LogP contribution in [0.25, 0.3) is 0 Å². The maximum Gasteiger partial charge on any atom is 0.272 e. The lowest BCUT2D eigenvalue weighted by atomic mass is 9.93. The lowest BCUT2D eigenvalue weighted by molar-refractivity contribution is 0.0959. The summed E-state index contributed by atoms with van der Waals surface area (Å²) < 4.78 is 0. The normalized spacial score (nSPS) is 15.2. The molecule has 0 aliphatic heterocycles. The summed E-state index contributed by atoms with van der Waals surface area (Å²) in [6.45, 7) is 0.795. The molecular weight excluding hydrogens is 482 g/mol. The molecule has 186 valence electrons. The molecule has 0 fully saturated rings.